The second kappa shape index (κ2) is 7.34. The molecule has 4 nitrogen and oxygen atoms in total. The summed E-state index contributed by atoms with van der Waals surface area (Å²) in [5.41, 5.74) is 0.872. The van der Waals surface area contributed by atoms with Crippen molar-refractivity contribution in [3.63, 3.8) is 0 Å². The van der Waals surface area contributed by atoms with Crippen LogP contribution in [-0.2, 0) is 11.3 Å². The van der Waals surface area contributed by atoms with Gasteiger partial charge in [-0.25, -0.2) is 0 Å². The van der Waals surface area contributed by atoms with Gasteiger partial charge in [-0.3, -0.25) is 4.79 Å². The van der Waals surface area contributed by atoms with Crippen molar-refractivity contribution in [1.29, 1.82) is 0 Å². The van der Waals surface area contributed by atoms with Crippen molar-refractivity contribution in [2.24, 2.45) is 0 Å². The van der Waals surface area contributed by atoms with Gasteiger partial charge in [0.15, 0.2) is 6.61 Å². The minimum atomic E-state index is -0.169. The van der Waals surface area contributed by atoms with E-state index in [0.29, 0.717) is 28.4 Å². The quantitative estimate of drug-likeness (QED) is 0.807. The van der Waals surface area contributed by atoms with Gasteiger partial charge in [-0.05, 0) is 38.8 Å². The molecule has 0 unspecified atom stereocenters. The Morgan fingerprint density at radius 1 is 1.38 bits per heavy atom. The SMILES string of the molecule is CC(C)NC(=O)COc1c(Cl)cc(Cl)cc1CNC1CC1. The Morgan fingerprint density at radius 3 is 2.71 bits per heavy atom. The fourth-order valence-electron chi connectivity index (χ4n) is 1.95. The Labute approximate surface area is 135 Å². The molecule has 0 bridgehead atoms. The third-order valence-electron chi connectivity index (χ3n) is 3.04. The monoisotopic (exact) mass is 330 g/mol. The molecule has 116 valence electrons. The molecule has 2 N–H and O–H groups in total. The fourth-order valence-corrected chi connectivity index (χ4v) is 2.54. The zero-order valence-corrected chi connectivity index (χ0v) is 13.7. The second-order valence-electron chi connectivity index (χ2n) is 5.54. The molecule has 21 heavy (non-hydrogen) atoms. The van der Waals surface area contributed by atoms with E-state index in [9.17, 15) is 4.79 Å². The van der Waals surface area contributed by atoms with E-state index in [1.165, 1.54) is 12.8 Å². The van der Waals surface area contributed by atoms with Crippen LogP contribution in [0.5, 0.6) is 5.75 Å². The molecule has 1 saturated carbocycles. The van der Waals surface area contributed by atoms with Crippen molar-refractivity contribution in [3.8, 4) is 5.75 Å². The molecule has 0 spiro atoms. The molecule has 1 aromatic carbocycles. The lowest BCUT2D eigenvalue weighted by molar-refractivity contribution is -0.123. The summed E-state index contributed by atoms with van der Waals surface area (Å²) < 4.78 is 5.60. The summed E-state index contributed by atoms with van der Waals surface area (Å²) in [5.74, 6) is 0.352. The third kappa shape index (κ3) is 5.38. The van der Waals surface area contributed by atoms with Crippen LogP contribution in [0.4, 0.5) is 0 Å². The fraction of sp³-hybridized carbons (Fsp3) is 0.533. The number of hydrogen-bond donors (Lipinski definition) is 2. The summed E-state index contributed by atoms with van der Waals surface area (Å²) in [4.78, 5) is 11.7. The van der Waals surface area contributed by atoms with Crippen molar-refractivity contribution < 1.29 is 9.53 Å². The predicted molar refractivity (Wildman–Crippen MR) is 85.1 cm³/mol. The standard InChI is InChI=1S/C15H20Cl2N2O2/c1-9(2)19-14(20)8-21-15-10(7-18-12-3-4-12)5-11(16)6-13(15)17/h5-6,9,12,18H,3-4,7-8H2,1-2H3,(H,19,20). The van der Waals surface area contributed by atoms with Crippen LogP contribution in [-0.4, -0.2) is 24.6 Å². The number of nitrogens with one attached hydrogen (secondary N) is 2. The molecule has 0 saturated heterocycles. The summed E-state index contributed by atoms with van der Waals surface area (Å²) in [7, 11) is 0. The van der Waals surface area contributed by atoms with Crippen LogP contribution < -0.4 is 15.4 Å². The van der Waals surface area contributed by atoms with Crippen LogP contribution in [0, 0.1) is 0 Å². The smallest absolute Gasteiger partial charge is 0.258 e. The van der Waals surface area contributed by atoms with Gasteiger partial charge in [-0.1, -0.05) is 23.2 Å². The molecular weight excluding hydrogens is 311 g/mol. The highest BCUT2D eigenvalue weighted by atomic mass is 35.5. The first-order valence-corrected chi connectivity index (χ1v) is 7.84. The summed E-state index contributed by atoms with van der Waals surface area (Å²) >= 11 is 12.2. The van der Waals surface area contributed by atoms with E-state index < -0.39 is 0 Å². The van der Waals surface area contributed by atoms with Gasteiger partial charge in [0.1, 0.15) is 5.75 Å². The number of amides is 1. The molecule has 0 aromatic heterocycles. The zero-order valence-electron chi connectivity index (χ0n) is 12.2. The van der Waals surface area contributed by atoms with E-state index in [0.717, 1.165) is 5.56 Å². The second-order valence-corrected chi connectivity index (χ2v) is 6.39. The number of carbonyl (C=O) groups is 1. The minimum Gasteiger partial charge on any atom is -0.482 e. The number of rotatable bonds is 7. The molecule has 0 aliphatic heterocycles. The molecule has 2 rings (SSSR count). The highest BCUT2D eigenvalue weighted by Crippen LogP contribution is 2.33. The largest absolute Gasteiger partial charge is 0.482 e. The highest BCUT2D eigenvalue weighted by molar-refractivity contribution is 6.35. The zero-order chi connectivity index (χ0) is 15.4. The molecule has 1 amide bonds. The molecule has 1 aliphatic carbocycles. The van der Waals surface area contributed by atoms with E-state index >= 15 is 0 Å². The lowest BCUT2D eigenvalue weighted by Crippen LogP contribution is -2.34. The molecule has 6 heteroatoms. The van der Waals surface area contributed by atoms with Crippen molar-refractivity contribution in [2.75, 3.05) is 6.61 Å². The number of carbonyl (C=O) groups excluding carboxylic acids is 1. The van der Waals surface area contributed by atoms with Crippen LogP contribution in [0.1, 0.15) is 32.3 Å². The summed E-state index contributed by atoms with van der Waals surface area (Å²) in [5, 5.41) is 7.15. The summed E-state index contributed by atoms with van der Waals surface area (Å²) in [6, 6.07) is 4.09. The maximum atomic E-state index is 11.7. The van der Waals surface area contributed by atoms with Crippen molar-refractivity contribution in [1.82, 2.24) is 10.6 Å². The van der Waals surface area contributed by atoms with Crippen LogP contribution in [0.2, 0.25) is 10.0 Å². The maximum absolute atomic E-state index is 11.7. The first kappa shape index (κ1) is 16.4. The molecular formula is C15H20Cl2N2O2. The molecule has 0 atom stereocenters. The van der Waals surface area contributed by atoms with Gasteiger partial charge in [0, 0.05) is 29.2 Å². The lowest BCUT2D eigenvalue weighted by Gasteiger charge is -2.15. The van der Waals surface area contributed by atoms with E-state index in [4.69, 9.17) is 27.9 Å². The van der Waals surface area contributed by atoms with Gasteiger partial charge in [0.25, 0.3) is 5.91 Å². The lowest BCUT2D eigenvalue weighted by atomic mass is 10.2. The predicted octanol–water partition coefficient (Wildman–Crippen LogP) is 3.15. The normalized spacial score (nSPS) is 14.3. The van der Waals surface area contributed by atoms with E-state index in [1.54, 1.807) is 6.07 Å². The Kier molecular flexibility index (Phi) is 5.73. The van der Waals surface area contributed by atoms with Crippen LogP contribution in [0.15, 0.2) is 12.1 Å². The van der Waals surface area contributed by atoms with E-state index in [-0.39, 0.29) is 18.6 Å². The van der Waals surface area contributed by atoms with Gasteiger partial charge >= 0.3 is 0 Å². The van der Waals surface area contributed by atoms with Crippen LogP contribution >= 0.6 is 23.2 Å². The average Bonchev–Trinajstić information content (AvgIpc) is 3.17. The summed E-state index contributed by atoms with van der Waals surface area (Å²) in [6.07, 6.45) is 2.39. The maximum Gasteiger partial charge on any atom is 0.258 e. The molecule has 0 heterocycles. The third-order valence-corrected chi connectivity index (χ3v) is 3.54. The average molecular weight is 331 g/mol. The molecule has 1 fully saturated rings. The van der Waals surface area contributed by atoms with Crippen molar-refractivity contribution in [3.05, 3.63) is 27.7 Å². The highest BCUT2D eigenvalue weighted by Gasteiger charge is 2.21. The topological polar surface area (TPSA) is 50.4 Å². The van der Waals surface area contributed by atoms with E-state index in [2.05, 4.69) is 10.6 Å². The van der Waals surface area contributed by atoms with Crippen LogP contribution in [0.3, 0.4) is 0 Å². The minimum absolute atomic E-state index is 0.0596. The number of halogens is 2. The Balaban J connectivity index is 2.03. The van der Waals surface area contributed by atoms with Gasteiger partial charge in [0.2, 0.25) is 0 Å². The molecule has 1 aromatic rings. The Hall–Kier alpha value is -0.970. The number of ether oxygens (including phenoxy) is 1. The van der Waals surface area contributed by atoms with Gasteiger partial charge in [-0.2, -0.15) is 0 Å². The molecule has 0 radical (unpaired) electrons. The number of hydrogen-bond acceptors (Lipinski definition) is 3. The van der Waals surface area contributed by atoms with Gasteiger partial charge in [0.05, 0.1) is 5.02 Å². The Bertz CT molecular complexity index is 517. The molecule has 1 aliphatic rings. The van der Waals surface area contributed by atoms with Crippen molar-refractivity contribution in [2.45, 2.75) is 45.3 Å². The van der Waals surface area contributed by atoms with Gasteiger partial charge in [-0.15, -0.1) is 0 Å². The van der Waals surface area contributed by atoms with Crippen LogP contribution in [0.25, 0.3) is 0 Å². The van der Waals surface area contributed by atoms with Crippen molar-refractivity contribution >= 4 is 29.1 Å². The Morgan fingerprint density at radius 2 is 2.10 bits per heavy atom. The first-order chi connectivity index (χ1) is 9.95. The van der Waals surface area contributed by atoms with Gasteiger partial charge < -0.3 is 15.4 Å². The van der Waals surface area contributed by atoms with E-state index in [1.807, 2.05) is 19.9 Å². The summed E-state index contributed by atoms with van der Waals surface area (Å²) in [6.45, 7) is 4.37. The first-order valence-electron chi connectivity index (χ1n) is 7.09. The number of benzene rings is 1.